The molecule has 0 spiro atoms. The number of halogens is 3. The van der Waals surface area contributed by atoms with Crippen molar-refractivity contribution >= 4 is 5.78 Å². The first-order valence-electron chi connectivity index (χ1n) is 6.29. The molecule has 0 heterocycles. The van der Waals surface area contributed by atoms with Crippen molar-refractivity contribution in [2.75, 3.05) is 0 Å². The van der Waals surface area contributed by atoms with E-state index in [1.54, 1.807) is 6.07 Å². The summed E-state index contributed by atoms with van der Waals surface area (Å²) in [6.45, 7) is 1.91. The van der Waals surface area contributed by atoms with Crippen molar-refractivity contribution in [1.29, 1.82) is 0 Å². The lowest BCUT2D eigenvalue weighted by Gasteiger charge is -2.14. The third kappa shape index (κ3) is 5.03. The van der Waals surface area contributed by atoms with E-state index in [0.717, 1.165) is 18.6 Å². The van der Waals surface area contributed by atoms with Crippen LogP contribution in [0.15, 0.2) is 24.3 Å². The fourth-order valence-corrected chi connectivity index (χ4v) is 1.83. The maximum atomic E-state index is 12.6. The molecule has 19 heavy (non-hydrogen) atoms. The zero-order valence-corrected chi connectivity index (χ0v) is 10.8. The monoisotopic (exact) mass is 273 g/mol. The van der Waals surface area contributed by atoms with Crippen LogP contribution in [0.5, 0.6) is 0 Å². The largest absolute Gasteiger partial charge is 0.416 e. The second kappa shape index (κ2) is 6.70. The molecule has 0 aliphatic heterocycles. The second-order valence-electron chi connectivity index (χ2n) is 4.56. The highest BCUT2D eigenvalue weighted by Gasteiger charge is 2.30. The summed E-state index contributed by atoms with van der Waals surface area (Å²) in [5, 5.41) is 0. The number of nitrogens with two attached hydrogens (primary N) is 1. The molecule has 1 aromatic carbocycles. The minimum Gasteiger partial charge on any atom is -0.324 e. The first kappa shape index (κ1) is 15.7. The van der Waals surface area contributed by atoms with Crippen LogP contribution in [0.4, 0.5) is 13.2 Å². The normalized spacial score (nSPS) is 13.3. The Morgan fingerprint density at radius 2 is 2.00 bits per heavy atom. The number of rotatable bonds is 6. The van der Waals surface area contributed by atoms with E-state index >= 15 is 0 Å². The van der Waals surface area contributed by atoms with Gasteiger partial charge in [-0.15, -0.1) is 0 Å². The average Bonchev–Trinajstić information content (AvgIpc) is 2.35. The number of alkyl halides is 3. The zero-order chi connectivity index (χ0) is 14.5. The van der Waals surface area contributed by atoms with Crippen LogP contribution < -0.4 is 5.73 Å². The van der Waals surface area contributed by atoms with Crippen molar-refractivity contribution in [3.63, 3.8) is 0 Å². The summed E-state index contributed by atoms with van der Waals surface area (Å²) in [5.41, 5.74) is 5.54. The maximum Gasteiger partial charge on any atom is 0.416 e. The molecule has 1 unspecified atom stereocenters. The van der Waals surface area contributed by atoms with Gasteiger partial charge in [0, 0.05) is 18.9 Å². The van der Waals surface area contributed by atoms with E-state index in [1.165, 1.54) is 6.07 Å². The lowest BCUT2D eigenvalue weighted by Crippen LogP contribution is -2.14. The van der Waals surface area contributed by atoms with Gasteiger partial charge in [0.05, 0.1) is 5.56 Å². The fourth-order valence-electron chi connectivity index (χ4n) is 1.83. The van der Waals surface area contributed by atoms with Crippen LogP contribution >= 0.6 is 0 Å². The summed E-state index contributed by atoms with van der Waals surface area (Å²) in [4.78, 5) is 11.4. The SMILES string of the molecule is CCCC(=O)CCC(N)c1cccc(C(F)(F)F)c1. The molecule has 106 valence electrons. The quantitative estimate of drug-likeness (QED) is 0.855. The number of benzene rings is 1. The molecule has 0 saturated carbocycles. The van der Waals surface area contributed by atoms with Gasteiger partial charge in [0.15, 0.2) is 0 Å². The molecule has 1 rings (SSSR count). The Morgan fingerprint density at radius 1 is 1.32 bits per heavy atom. The number of carbonyl (C=O) groups is 1. The van der Waals surface area contributed by atoms with Gasteiger partial charge in [0.2, 0.25) is 0 Å². The highest BCUT2D eigenvalue weighted by Crippen LogP contribution is 2.31. The van der Waals surface area contributed by atoms with Crippen molar-refractivity contribution < 1.29 is 18.0 Å². The van der Waals surface area contributed by atoms with E-state index < -0.39 is 17.8 Å². The number of hydrogen-bond donors (Lipinski definition) is 1. The molecule has 2 nitrogen and oxygen atoms in total. The Morgan fingerprint density at radius 3 is 2.58 bits per heavy atom. The Labute approximate surface area is 110 Å². The van der Waals surface area contributed by atoms with Crippen LogP contribution in [-0.4, -0.2) is 5.78 Å². The maximum absolute atomic E-state index is 12.6. The second-order valence-corrected chi connectivity index (χ2v) is 4.56. The summed E-state index contributed by atoms with van der Waals surface area (Å²) in [5.74, 6) is 0.102. The van der Waals surface area contributed by atoms with E-state index in [4.69, 9.17) is 5.73 Å². The summed E-state index contributed by atoms with van der Waals surface area (Å²) >= 11 is 0. The van der Waals surface area contributed by atoms with Crippen molar-refractivity contribution in [1.82, 2.24) is 0 Å². The summed E-state index contributed by atoms with van der Waals surface area (Å²) in [6.07, 6.45) is -2.41. The summed E-state index contributed by atoms with van der Waals surface area (Å²) < 4.78 is 37.7. The molecule has 0 bridgehead atoms. The smallest absolute Gasteiger partial charge is 0.324 e. The highest BCUT2D eigenvalue weighted by atomic mass is 19.4. The lowest BCUT2D eigenvalue weighted by molar-refractivity contribution is -0.137. The van der Waals surface area contributed by atoms with Crippen molar-refractivity contribution in [3.8, 4) is 0 Å². The number of carbonyl (C=O) groups excluding carboxylic acids is 1. The van der Waals surface area contributed by atoms with Gasteiger partial charge in [-0.2, -0.15) is 13.2 Å². The predicted octanol–water partition coefficient (Wildman–Crippen LogP) is 3.85. The van der Waals surface area contributed by atoms with Gasteiger partial charge in [-0.1, -0.05) is 19.1 Å². The highest BCUT2D eigenvalue weighted by molar-refractivity contribution is 5.78. The van der Waals surface area contributed by atoms with E-state index in [-0.39, 0.29) is 5.78 Å². The van der Waals surface area contributed by atoms with Crippen LogP contribution in [0, 0.1) is 0 Å². The molecule has 1 atom stereocenters. The predicted molar refractivity (Wildman–Crippen MR) is 67.5 cm³/mol. The van der Waals surface area contributed by atoms with Gasteiger partial charge < -0.3 is 5.73 Å². The van der Waals surface area contributed by atoms with Crippen LogP contribution in [0.2, 0.25) is 0 Å². The standard InChI is InChI=1S/C14H18F3NO/c1-2-4-12(19)7-8-13(18)10-5-3-6-11(9-10)14(15,16)17/h3,5-6,9,13H,2,4,7-8,18H2,1H3. The molecule has 0 aromatic heterocycles. The Bertz CT molecular complexity index is 429. The molecule has 0 aliphatic carbocycles. The molecule has 0 fully saturated rings. The van der Waals surface area contributed by atoms with Crippen molar-refractivity contribution in [2.45, 2.75) is 44.8 Å². The van der Waals surface area contributed by atoms with Gasteiger partial charge in [-0.25, -0.2) is 0 Å². The lowest BCUT2D eigenvalue weighted by atomic mass is 9.98. The Hall–Kier alpha value is -1.36. The fraction of sp³-hybridized carbons (Fsp3) is 0.500. The van der Waals surface area contributed by atoms with Gasteiger partial charge in [0.1, 0.15) is 5.78 Å². The first-order valence-corrected chi connectivity index (χ1v) is 6.29. The molecule has 1 aromatic rings. The Kier molecular flexibility index (Phi) is 5.54. The van der Waals surface area contributed by atoms with E-state index in [1.807, 2.05) is 6.92 Å². The molecule has 0 aliphatic rings. The first-order chi connectivity index (χ1) is 8.84. The van der Waals surface area contributed by atoms with Crippen LogP contribution in [0.25, 0.3) is 0 Å². The van der Waals surface area contributed by atoms with E-state index in [2.05, 4.69) is 0 Å². The molecule has 5 heteroatoms. The van der Waals surface area contributed by atoms with Gasteiger partial charge in [-0.05, 0) is 30.5 Å². The van der Waals surface area contributed by atoms with Gasteiger partial charge in [0.25, 0.3) is 0 Å². The molecular weight excluding hydrogens is 255 g/mol. The topological polar surface area (TPSA) is 43.1 Å². The molecule has 0 amide bonds. The van der Waals surface area contributed by atoms with Crippen LogP contribution in [0.1, 0.15) is 49.8 Å². The Balaban J connectivity index is 2.67. The minimum atomic E-state index is -4.37. The van der Waals surface area contributed by atoms with Crippen LogP contribution in [0.3, 0.4) is 0 Å². The number of hydrogen-bond acceptors (Lipinski definition) is 2. The molecule has 0 saturated heterocycles. The molecule has 2 N–H and O–H groups in total. The summed E-state index contributed by atoms with van der Waals surface area (Å²) in [6, 6.07) is 4.42. The van der Waals surface area contributed by atoms with Crippen molar-refractivity contribution in [3.05, 3.63) is 35.4 Å². The van der Waals surface area contributed by atoms with Crippen molar-refractivity contribution in [2.24, 2.45) is 5.73 Å². The average molecular weight is 273 g/mol. The summed E-state index contributed by atoms with van der Waals surface area (Å²) in [7, 11) is 0. The zero-order valence-electron chi connectivity index (χ0n) is 10.8. The van der Waals surface area contributed by atoms with Crippen LogP contribution in [-0.2, 0) is 11.0 Å². The van der Waals surface area contributed by atoms with Gasteiger partial charge in [-0.3, -0.25) is 4.79 Å². The minimum absolute atomic E-state index is 0.102. The third-order valence-corrected chi connectivity index (χ3v) is 2.91. The number of ketones is 1. The third-order valence-electron chi connectivity index (χ3n) is 2.91. The molecule has 0 radical (unpaired) electrons. The number of Topliss-reactive ketones (excluding diaryl/α,β-unsaturated/α-hetero) is 1. The molecular formula is C14H18F3NO. The van der Waals surface area contributed by atoms with Gasteiger partial charge >= 0.3 is 6.18 Å². The van der Waals surface area contributed by atoms with E-state index in [9.17, 15) is 18.0 Å². The van der Waals surface area contributed by atoms with E-state index in [0.29, 0.717) is 24.8 Å².